The maximum absolute atomic E-state index is 13.4. The lowest BCUT2D eigenvalue weighted by molar-refractivity contribution is -0.178. The largest absolute Gasteiger partial charge is 0.406 e. The van der Waals surface area contributed by atoms with Crippen molar-refractivity contribution >= 4 is 11.8 Å². The van der Waals surface area contributed by atoms with Crippen LogP contribution in [0, 0.1) is 11.8 Å². The number of nitrogens with zero attached hydrogens (tertiary/aromatic N) is 3. The van der Waals surface area contributed by atoms with E-state index in [2.05, 4.69) is 15.8 Å². The quantitative estimate of drug-likeness (QED) is 0.697. The number of piperidine rings is 1. The van der Waals surface area contributed by atoms with E-state index in [0.717, 1.165) is 16.9 Å². The number of carbonyl (C=O) groups excluding carboxylic acids is 2. The maximum atomic E-state index is 13.4. The standard InChI is InChI=1S/C22H28F3N5O3/c23-22(24,25)12-30-17-10-13(3-4-15(17)18-16(20(30)31)11-27-28-18)14-2-1-5-26-19(14)21(32)29-6-8-33-9-7-29/h1-2,5,13,15-18,27-28H,3-4,6-12H2. The van der Waals surface area contributed by atoms with E-state index in [9.17, 15) is 22.8 Å². The number of fused-ring (bicyclic) bond motifs is 3. The van der Waals surface area contributed by atoms with E-state index in [4.69, 9.17) is 4.74 Å². The lowest BCUT2D eigenvalue weighted by Gasteiger charge is -2.50. The summed E-state index contributed by atoms with van der Waals surface area (Å²) in [6.45, 7) is 1.01. The van der Waals surface area contributed by atoms with Crippen LogP contribution < -0.4 is 10.9 Å². The first-order valence-corrected chi connectivity index (χ1v) is 11.5. The van der Waals surface area contributed by atoms with Crippen LogP contribution in [0.2, 0.25) is 0 Å². The molecule has 1 aliphatic carbocycles. The highest BCUT2D eigenvalue weighted by Gasteiger charge is 2.54. The molecule has 0 bridgehead atoms. The molecule has 0 radical (unpaired) electrons. The number of likely N-dealkylation sites (tertiary alicyclic amines) is 1. The number of amides is 2. The fourth-order valence-corrected chi connectivity index (χ4v) is 6.00. The number of rotatable bonds is 3. The summed E-state index contributed by atoms with van der Waals surface area (Å²) in [5.41, 5.74) is 7.21. The molecule has 5 rings (SSSR count). The van der Waals surface area contributed by atoms with Gasteiger partial charge in [-0.05, 0) is 42.7 Å². The van der Waals surface area contributed by atoms with Crippen LogP contribution in [0.25, 0.3) is 0 Å². The van der Waals surface area contributed by atoms with E-state index in [-0.39, 0.29) is 23.8 Å². The fourth-order valence-electron chi connectivity index (χ4n) is 6.00. The molecule has 180 valence electrons. The summed E-state index contributed by atoms with van der Waals surface area (Å²) in [6, 6.07) is 2.90. The van der Waals surface area contributed by atoms with Gasteiger partial charge < -0.3 is 14.5 Å². The minimum atomic E-state index is -4.47. The molecule has 1 aromatic rings. The van der Waals surface area contributed by atoms with Gasteiger partial charge in [-0.15, -0.1) is 0 Å². The molecule has 11 heteroatoms. The Morgan fingerprint density at radius 2 is 2.03 bits per heavy atom. The summed E-state index contributed by atoms with van der Waals surface area (Å²) >= 11 is 0. The van der Waals surface area contributed by atoms with Crippen molar-refractivity contribution in [1.82, 2.24) is 25.6 Å². The van der Waals surface area contributed by atoms with Gasteiger partial charge in [-0.3, -0.25) is 25.4 Å². The van der Waals surface area contributed by atoms with Gasteiger partial charge in [0.15, 0.2) is 0 Å². The number of aromatic nitrogens is 1. The van der Waals surface area contributed by atoms with Crippen molar-refractivity contribution in [3.63, 3.8) is 0 Å². The Kier molecular flexibility index (Phi) is 6.04. The Balaban J connectivity index is 1.42. The third-order valence-electron chi connectivity index (χ3n) is 7.48. The van der Waals surface area contributed by atoms with Gasteiger partial charge in [0.1, 0.15) is 12.2 Å². The number of pyridine rings is 1. The molecule has 3 aliphatic heterocycles. The molecule has 3 saturated heterocycles. The van der Waals surface area contributed by atoms with Gasteiger partial charge in [-0.2, -0.15) is 13.2 Å². The van der Waals surface area contributed by atoms with E-state index in [1.807, 2.05) is 6.07 Å². The van der Waals surface area contributed by atoms with Gasteiger partial charge in [-0.1, -0.05) is 6.07 Å². The summed E-state index contributed by atoms with van der Waals surface area (Å²) in [4.78, 5) is 33.3. The van der Waals surface area contributed by atoms with Gasteiger partial charge in [0, 0.05) is 37.9 Å². The van der Waals surface area contributed by atoms with E-state index in [1.54, 1.807) is 17.2 Å². The van der Waals surface area contributed by atoms with Crippen molar-refractivity contribution in [3.8, 4) is 0 Å². The van der Waals surface area contributed by atoms with Crippen LogP contribution in [0.15, 0.2) is 18.3 Å². The number of hydrogen-bond acceptors (Lipinski definition) is 6. The van der Waals surface area contributed by atoms with E-state index >= 15 is 0 Å². The number of halogens is 3. The minimum absolute atomic E-state index is 0.0728. The zero-order chi connectivity index (χ0) is 23.2. The van der Waals surface area contributed by atoms with Crippen LogP contribution in [-0.2, 0) is 9.53 Å². The first-order chi connectivity index (χ1) is 15.8. The fraction of sp³-hybridized carbons (Fsp3) is 0.682. The molecule has 8 nitrogen and oxygen atoms in total. The average molecular weight is 467 g/mol. The second kappa shape index (κ2) is 8.84. The van der Waals surface area contributed by atoms with Crippen LogP contribution in [-0.4, -0.2) is 84.3 Å². The molecule has 1 aromatic heterocycles. The molecule has 4 aliphatic rings. The van der Waals surface area contributed by atoms with E-state index in [0.29, 0.717) is 51.4 Å². The Bertz CT molecular complexity index is 908. The smallest absolute Gasteiger partial charge is 0.378 e. The normalized spacial score (nSPS) is 32.5. The predicted octanol–water partition coefficient (Wildman–Crippen LogP) is 1.30. The Hall–Kier alpha value is -2.24. The molecule has 4 fully saturated rings. The lowest BCUT2D eigenvalue weighted by Crippen LogP contribution is -2.63. The summed E-state index contributed by atoms with van der Waals surface area (Å²) < 4.78 is 45.6. The van der Waals surface area contributed by atoms with Crippen LogP contribution in [0.4, 0.5) is 13.2 Å². The molecule has 0 spiro atoms. The average Bonchev–Trinajstić information content (AvgIpc) is 3.31. The van der Waals surface area contributed by atoms with Gasteiger partial charge in [0.2, 0.25) is 5.91 Å². The third kappa shape index (κ3) is 4.33. The number of carbonyl (C=O) groups is 2. The molecule has 5 atom stereocenters. The Morgan fingerprint density at radius 1 is 1.24 bits per heavy atom. The van der Waals surface area contributed by atoms with Gasteiger partial charge >= 0.3 is 6.18 Å². The summed E-state index contributed by atoms with van der Waals surface area (Å²) in [7, 11) is 0. The molecular weight excluding hydrogens is 439 g/mol. The van der Waals surface area contributed by atoms with Crippen molar-refractivity contribution in [2.24, 2.45) is 11.8 Å². The topological polar surface area (TPSA) is 86.8 Å². The SMILES string of the molecule is O=C(c1ncccc1C1CCC2C3NNCC3C(=O)N(CC(F)(F)F)C2C1)N1CCOCC1. The first kappa shape index (κ1) is 22.5. The molecule has 2 N–H and O–H groups in total. The van der Waals surface area contributed by atoms with Crippen molar-refractivity contribution < 1.29 is 27.5 Å². The Morgan fingerprint density at radius 3 is 2.79 bits per heavy atom. The zero-order valence-corrected chi connectivity index (χ0v) is 18.2. The summed E-state index contributed by atoms with van der Waals surface area (Å²) in [6.07, 6.45) is -1.11. The minimum Gasteiger partial charge on any atom is -0.378 e. The maximum Gasteiger partial charge on any atom is 0.406 e. The highest BCUT2D eigenvalue weighted by molar-refractivity contribution is 5.94. The van der Waals surface area contributed by atoms with Gasteiger partial charge in [-0.25, -0.2) is 0 Å². The van der Waals surface area contributed by atoms with Crippen molar-refractivity contribution in [2.75, 3.05) is 39.4 Å². The molecule has 2 amide bonds. The van der Waals surface area contributed by atoms with Crippen molar-refractivity contribution in [2.45, 2.75) is 43.4 Å². The summed E-state index contributed by atoms with van der Waals surface area (Å²) in [5, 5.41) is 0. The number of alkyl halides is 3. The summed E-state index contributed by atoms with van der Waals surface area (Å²) in [5.74, 6) is -1.33. The van der Waals surface area contributed by atoms with E-state index in [1.165, 1.54) is 0 Å². The number of hydrogen-bond donors (Lipinski definition) is 2. The molecule has 33 heavy (non-hydrogen) atoms. The second-order valence-electron chi connectivity index (χ2n) is 9.33. The molecule has 5 unspecified atom stereocenters. The van der Waals surface area contributed by atoms with Crippen molar-refractivity contribution in [1.29, 1.82) is 0 Å². The van der Waals surface area contributed by atoms with Crippen LogP contribution in [0.3, 0.4) is 0 Å². The van der Waals surface area contributed by atoms with Crippen LogP contribution >= 0.6 is 0 Å². The first-order valence-electron chi connectivity index (χ1n) is 11.5. The second-order valence-corrected chi connectivity index (χ2v) is 9.33. The zero-order valence-electron chi connectivity index (χ0n) is 18.2. The predicted molar refractivity (Wildman–Crippen MR) is 111 cm³/mol. The lowest BCUT2D eigenvalue weighted by atomic mass is 9.67. The highest BCUT2D eigenvalue weighted by atomic mass is 19.4. The highest BCUT2D eigenvalue weighted by Crippen LogP contribution is 2.45. The number of nitrogens with one attached hydrogen (secondary N) is 2. The van der Waals surface area contributed by atoms with E-state index < -0.39 is 30.6 Å². The monoisotopic (exact) mass is 467 g/mol. The number of ether oxygens (including phenoxy) is 1. The van der Waals surface area contributed by atoms with Crippen LogP contribution in [0.1, 0.15) is 41.2 Å². The molecular formula is C22H28F3N5O3. The van der Waals surface area contributed by atoms with Crippen LogP contribution in [0.5, 0.6) is 0 Å². The molecule has 1 saturated carbocycles. The van der Waals surface area contributed by atoms with Gasteiger partial charge in [0.05, 0.1) is 19.1 Å². The molecule has 4 heterocycles. The Labute approximate surface area is 189 Å². The van der Waals surface area contributed by atoms with Gasteiger partial charge in [0.25, 0.3) is 5.91 Å². The number of hydrazine groups is 1. The third-order valence-corrected chi connectivity index (χ3v) is 7.48. The van der Waals surface area contributed by atoms with Crippen molar-refractivity contribution in [3.05, 3.63) is 29.6 Å². The number of morpholine rings is 1. The molecule has 0 aromatic carbocycles.